The molecule has 0 N–H and O–H groups in total. The maximum Gasteiger partial charge on any atom is 0.208 e. The van der Waals surface area contributed by atoms with Crippen LogP contribution in [-0.2, 0) is 9.47 Å². The molecule has 3 heterocycles. The molecule has 86 valence electrons. The van der Waals surface area contributed by atoms with E-state index in [9.17, 15) is 0 Å². The van der Waals surface area contributed by atoms with Crippen LogP contribution in [-0.4, -0.2) is 13.2 Å². The molecule has 0 amide bonds. The summed E-state index contributed by atoms with van der Waals surface area (Å²) in [5.41, 5.74) is 0. The smallest absolute Gasteiger partial charge is 0.208 e. The number of hydrogen-bond acceptors (Lipinski definition) is 8. The largest absolute Gasteiger partial charge is 0.480 e. The van der Waals surface area contributed by atoms with E-state index in [4.69, 9.17) is 9.47 Å². The SMILES string of the molecule is SC1=C(S)SC(=C2SC3=C(OCCO3)S2)S1. The molecular formula is C8H6O2S6. The first-order valence-electron chi connectivity index (χ1n) is 4.32. The summed E-state index contributed by atoms with van der Waals surface area (Å²) < 4.78 is 15.4. The zero-order valence-corrected chi connectivity index (χ0v) is 12.8. The monoisotopic (exact) mass is 326 g/mol. The lowest BCUT2D eigenvalue weighted by Gasteiger charge is -2.13. The Labute approximate surface area is 121 Å². The Hall–Kier alpha value is 0.920. The Morgan fingerprint density at radius 3 is 1.69 bits per heavy atom. The van der Waals surface area contributed by atoms with Crippen molar-refractivity contribution in [2.75, 3.05) is 13.2 Å². The molecule has 0 spiro atoms. The Morgan fingerprint density at radius 2 is 1.19 bits per heavy atom. The molecule has 0 aliphatic carbocycles. The van der Waals surface area contributed by atoms with Gasteiger partial charge < -0.3 is 9.47 Å². The summed E-state index contributed by atoms with van der Waals surface area (Å²) in [6.45, 7) is 1.28. The minimum atomic E-state index is 0.642. The van der Waals surface area contributed by atoms with Crippen molar-refractivity contribution in [3.05, 3.63) is 27.1 Å². The second-order valence-corrected chi connectivity index (χ2v) is 8.89. The summed E-state index contributed by atoms with van der Waals surface area (Å²) >= 11 is 15.3. The van der Waals surface area contributed by atoms with Crippen LogP contribution in [0.5, 0.6) is 0 Å². The molecular weight excluding hydrogens is 320 g/mol. The highest BCUT2D eigenvalue weighted by Gasteiger charge is 2.32. The van der Waals surface area contributed by atoms with E-state index in [1.165, 1.54) is 8.47 Å². The lowest BCUT2D eigenvalue weighted by Crippen LogP contribution is -2.08. The molecule has 3 aliphatic rings. The van der Waals surface area contributed by atoms with Gasteiger partial charge in [-0.3, -0.25) is 0 Å². The van der Waals surface area contributed by atoms with Crippen LogP contribution < -0.4 is 0 Å². The fraction of sp³-hybridized carbons (Fsp3) is 0.250. The number of hydrogen-bond donors (Lipinski definition) is 2. The first-order chi connectivity index (χ1) is 7.74. The maximum absolute atomic E-state index is 5.54. The van der Waals surface area contributed by atoms with E-state index in [0.717, 1.165) is 18.7 Å². The van der Waals surface area contributed by atoms with Crippen LogP contribution in [0, 0.1) is 0 Å². The number of rotatable bonds is 0. The lowest BCUT2D eigenvalue weighted by molar-refractivity contribution is 0.0949. The van der Waals surface area contributed by atoms with Gasteiger partial charge >= 0.3 is 0 Å². The summed E-state index contributed by atoms with van der Waals surface area (Å²) in [5, 5.41) is 1.79. The van der Waals surface area contributed by atoms with Crippen molar-refractivity contribution in [2.45, 2.75) is 0 Å². The van der Waals surface area contributed by atoms with Gasteiger partial charge in [-0.05, 0) is 23.5 Å². The van der Waals surface area contributed by atoms with Crippen molar-refractivity contribution in [3.8, 4) is 0 Å². The van der Waals surface area contributed by atoms with Crippen LogP contribution in [0.3, 0.4) is 0 Å². The van der Waals surface area contributed by atoms with Crippen LogP contribution >= 0.6 is 72.3 Å². The summed E-state index contributed by atoms with van der Waals surface area (Å²) in [6, 6.07) is 0. The van der Waals surface area contributed by atoms with E-state index in [2.05, 4.69) is 25.3 Å². The van der Waals surface area contributed by atoms with E-state index in [-0.39, 0.29) is 0 Å². The van der Waals surface area contributed by atoms with Crippen LogP contribution in [0.25, 0.3) is 0 Å². The van der Waals surface area contributed by atoms with Gasteiger partial charge in [0.15, 0.2) is 0 Å². The van der Waals surface area contributed by atoms with E-state index in [0.29, 0.717) is 13.2 Å². The zero-order chi connectivity index (χ0) is 11.1. The second-order valence-electron chi connectivity index (χ2n) is 2.87. The third-order valence-corrected chi connectivity index (χ3v) is 8.39. The molecule has 2 nitrogen and oxygen atoms in total. The summed E-state index contributed by atoms with van der Waals surface area (Å²) in [6.07, 6.45) is 0. The predicted molar refractivity (Wildman–Crippen MR) is 81.3 cm³/mol. The normalized spacial score (nSPS) is 24.9. The van der Waals surface area contributed by atoms with Crippen LogP contribution in [0.2, 0.25) is 0 Å². The fourth-order valence-electron chi connectivity index (χ4n) is 1.17. The quantitative estimate of drug-likeness (QED) is 0.644. The topological polar surface area (TPSA) is 18.5 Å². The molecule has 0 aromatic heterocycles. The van der Waals surface area contributed by atoms with E-state index < -0.39 is 0 Å². The maximum atomic E-state index is 5.54. The molecule has 16 heavy (non-hydrogen) atoms. The molecule has 3 aliphatic heterocycles. The van der Waals surface area contributed by atoms with Crippen molar-refractivity contribution in [1.82, 2.24) is 0 Å². The number of thiol groups is 2. The van der Waals surface area contributed by atoms with Crippen LogP contribution in [0.15, 0.2) is 27.1 Å². The molecule has 0 bridgehead atoms. The number of ether oxygens (including phenoxy) is 2. The van der Waals surface area contributed by atoms with Gasteiger partial charge in [-0.15, -0.1) is 25.3 Å². The average molecular weight is 327 g/mol. The summed E-state index contributed by atoms with van der Waals surface area (Å²) in [5.74, 6) is 0. The van der Waals surface area contributed by atoms with E-state index in [1.54, 1.807) is 47.0 Å². The average Bonchev–Trinajstić information content (AvgIpc) is 2.83. The third kappa shape index (κ3) is 2.24. The number of thioether (sulfide) groups is 4. The zero-order valence-electron chi connectivity index (χ0n) is 7.76. The van der Waals surface area contributed by atoms with Crippen LogP contribution in [0.4, 0.5) is 0 Å². The molecule has 0 aromatic carbocycles. The fourth-order valence-corrected chi connectivity index (χ4v) is 6.91. The summed E-state index contributed by atoms with van der Waals surface area (Å²) in [7, 11) is 0. The Morgan fingerprint density at radius 1 is 0.750 bits per heavy atom. The highest BCUT2D eigenvalue weighted by molar-refractivity contribution is 8.39. The van der Waals surface area contributed by atoms with Crippen molar-refractivity contribution in [3.63, 3.8) is 0 Å². The Balaban J connectivity index is 1.79. The molecule has 0 aromatic rings. The highest BCUT2D eigenvalue weighted by Crippen LogP contribution is 2.61. The van der Waals surface area contributed by atoms with Crippen molar-refractivity contribution >= 4 is 72.3 Å². The van der Waals surface area contributed by atoms with Crippen molar-refractivity contribution in [1.29, 1.82) is 0 Å². The van der Waals surface area contributed by atoms with Gasteiger partial charge in [-0.2, -0.15) is 0 Å². The molecule has 0 unspecified atom stereocenters. The van der Waals surface area contributed by atoms with Gasteiger partial charge in [0.25, 0.3) is 0 Å². The molecule has 3 rings (SSSR count). The Kier molecular flexibility index (Phi) is 3.66. The first kappa shape index (κ1) is 12.0. The van der Waals surface area contributed by atoms with Gasteiger partial charge in [-0.1, -0.05) is 23.5 Å². The Bertz CT molecular complexity index is 402. The van der Waals surface area contributed by atoms with Gasteiger partial charge in [0.05, 0.1) is 16.9 Å². The molecule has 0 saturated heterocycles. The van der Waals surface area contributed by atoms with Crippen LogP contribution in [0.1, 0.15) is 0 Å². The first-order valence-corrected chi connectivity index (χ1v) is 8.48. The molecule has 0 radical (unpaired) electrons. The molecule has 0 atom stereocenters. The van der Waals surface area contributed by atoms with Gasteiger partial charge in [-0.25, -0.2) is 0 Å². The van der Waals surface area contributed by atoms with Gasteiger partial charge in [0.2, 0.25) is 10.2 Å². The minimum Gasteiger partial charge on any atom is -0.480 e. The van der Waals surface area contributed by atoms with Crippen molar-refractivity contribution < 1.29 is 9.47 Å². The summed E-state index contributed by atoms with van der Waals surface area (Å²) in [4.78, 5) is 0. The molecule has 8 heteroatoms. The van der Waals surface area contributed by atoms with E-state index in [1.807, 2.05) is 0 Å². The second kappa shape index (κ2) is 4.89. The molecule has 0 saturated carbocycles. The third-order valence-electron chi connectivity index (χ3n) is 1.82. The van der Waals surface area contributed by atoms with Gasteiger partial charge in [0.1, 0.15) is 13.2 Å². The van der Waals surface area contributed by atoms with Gasteiger partial charge in [0, 0.05) is 0 Å². The standard InChI is InChI=1S/C8H6O2S6/c11-5-6(12)16-8(15-5)7-13-3-4(14-7)10-2-1-9-3/h11-12H,1-2H2. The minimum absolute atomic E-state index is 0.642. The lowest BCUT2D eigenvalue weighted by atomic mass is 10.7. The highest BCUT2D eigenvalue weighted by atomic mass is 32.2. The predicted octanol–water partition coefficient (Wildman–Crippen LogP) is 4.23. The molecule has 0 fully saturated rings. The van der Waals surface area contributed by atoms with Crippen molar-refractivity contribution in [2.24, 2.45) is 0 Å². The van der Waals surface area contributed by atoms with E-state index >= 15 is 0 Å².